The van der Waals surface area contributed by atoms with Crippen molar-refractivity contribution in [2.24, 2.45) is 0 Å². The summed E-state index contributed by atoms with van der Waals surface area (Å²) in [5.41, 5.74) is -1.04. The highest BCUT2D eigenvalue weighted by atomic mass is 32.1. The Morgan fingerprint density at radius 1 is 1.11 bits per heavy atom. The number of amides is 4. The molecule has 0 saturated carbocycles. The predicted octanol–water partition coefficient (Wildman–Crippen LogP) is 3.66. The first kappa shape index (κ1) is 22.9. The van der Waals surface area contributed by atoms with Crippen LogP contribution in [0, 0.1) is 5.82 Å². The van der Waals surface area contributed by atoms with E-state index in [4.69, 9.17) is 9.47 Å². The highest BCUT2D eigenvalue weighted by molar-refractivity contribution is 7.09. The smallest absolute Gasteiger partial charge is 0.325 e. The minimum Gasteiger partial charge on any atom is -0.486 e. The molecule has 3 heterocycles. The van der Waals surface area contributed by atoms with Gasteiger partial charge in [-0.15, -0.1) is 11.3 Å². The van der Waals surface area contributed by atoms with Gasteiger partial charge in [-0.1, -0.05) is 24.3 Å². The summed E-state index contributed by atoms with van der Waals surface area (Å²) in [7, 11) is 0. The number of urea groups is 1. The summed E-state index contributed by atoms with van der Waals surface area (Å²) in [5, 5.41) is 4.45. The van der Waals surface area contributed by atoms with Crippen molar-refractivity contribution in [3.05, 3.63) is 76.2 Å². The van der Waals surface area contributed by atoms with E-state index >= 15 is 0 Å². The molecule has 10 heteroatoms. The standard InChI is InChI=1S/C25H22FN3O5S/c1-25(18-6-2-3-7-19(18)26)23(31)29(24(32)27-25)15-22(30)28(14-17-5-4-12-35-17)16-8-9-20-21(13-16)34-11-10-33-20/h2-9,12-13H,10-11,14-15H2,1H3,(H,27,32). The van der Waals surface area contributed by atoms with Gasteiger partial charge >= 0.3 is 6.03 Å². The topological polar surface area (TPSA) is 88.2 Å². The summed E-state index contributed by atoms with van der Waals surface area (Å²) in [4.78, 5) is 42.8. The molecule has 3 aromatic rings. The van der Waals surface area contributed by atoms with Crippen molar-refractivity contribution in [1.29, 1.82) is 0 Å². The molecule has 8 nitrogen and oxygen atoms in total. The molecule has 1 atom stereocenters. The molecule has 0 aliphatic carbocycles. The lowest BCUT2D eigenvalue weighted by atomic mass is 9.91. The molecule has 35 heavy (non-hydrogen) atoms. The molecule has 1 saturated heterocycles. The fourth-order valence-corrected chi connectivity index (χ4v) is 4.88. The zero-order chi connectivity index (χ0) is 24.6. The molecule has 1 N–H and O–H groups in total. The number of ether oxygens (including phenoxy) is 2. The first-order chi connectivity index (χ1) is 16.9. The number of nitrogens with zero attached hydrogens (tertiary/aromatic N) is 2. The highest BCUT2D eigenvalue weighted by Crippen LogP contribution is 2.35. The van der Waals surface area contributed by atoms with Crippen molar-refractivity contribution < 1.29 is 28.2 Å². The molecular formula is C25H22FN3O5S. The molecule has 1 fully saturated rings. The number of hydrogen-bond donors (Lipinski definition) is 1. The molecule has 2 aliphatic heterocycles. The lowest BCUT2D eigenvalue weighted by Crippen LogP contribution is -2.44. The maximum atomic E-state index is 14.5. The Morgan fingerprint density at radius 2 is 1.89 bits per heavy atom. The molecule has 2 aliphatic rings. The number of fused-ring (bicyclic) bond motifs is 1. The van der Waals surface area contributed by atoms with E-state index in [1.807, 2.05) is 17.5 Å². The lowest BCUT2D eigenvalue weighted by Gasteiger charge is -2.27. The summed E-state index contributed by atoms with van der Waals surface area (Å²) >= 11 is 1.48. The van der Waals surface area contributed by atoms with Gasteiger partial charge in [0.1, 0.15) is 31.1 Å². The Bertz CT molecular complexity index is 1300. The largest absolute Gasteiger partial charge is 0.486 e. The van der Waals surface area contributed by atoms with Crippen LogP contribution in [0.4, 0.5) is 14.9 Å². The van der Waals surface area contributed by atoms with E-state index in [0.717, 1.165) is 9.78 Å². The SMILES string of the molecule is CC1(c2ccccc2F)NC(=O)N(CC(=O)N(Cc2cccs2)c2ccc3c(c2)OCCO3)C1=O. The number of hydrogen-bond acceptors (Lipinski definition) is 6. The third-order valence-electron chi connectivity index (χ3n) is 6.01. The average molecular weight is 496 g/mol. The number of benzene rings is 2. The van der Waals surface area contributed by atoms with Crippen LogP contribution in [0.2, 0.25) is 0 Å². The average Bonchev–Trinajstić information content (AvgIpc) is 3.45. The number of halogens is 1. The van der Waals surface area contributed by atoms with Crippen LogP contribution in [0.3, 0.4) is 0 Å². The summed E-state index contributed by atoms with van der Waals surface area (Å²) in [6.45, 7) is 2.00. The van der Waals surface area contributed by atoms with Crippen LogP contribution in [0.1, 0.15) is 17.4 Å². The van der Waals surface area contributed by atoms with Crippen LogP contribution in [0.15, 0.2) is 60.0 Å². The van der Waals surface area contributed by atoms with Crippen molar-refractivity contribution >= 4 is 34.9 Å². The second kappa shape index (κ2) is 9.03. The number of nitrogens with one attached hydrogen (secondary N) is 1. The normalized spacial score (nSPS) is 19.0. The molecule has 5 rings (SSSR count). The van der Waals surface area contributed by atoms with E-state index in [-0.39, 0.29) is 12.1 Å². The van der Waals surface area contributed by atoms with E-state index in [9.17, 15) is 18.8 Å². The molecule has 0 radical (unpaired) electrons. The Labute approximate surface area is 204 Å². The van der Waals surface area contributed by atoms with Gasteiger partial charge in [-0.05, 0) is 36.6 Å². The van der Waals surface area contributed by atoms with E-state index in [2.05, 4.69) is 5.32 Å². The minimum atomic E-state index is -1.61. The third kappa shape index (κ3) is 4.21. The van der Waals surface area contributed by atoms with Gasteiger partial charge in [0, 0.05) is 22.2 Å². The first-order valence-corrected chi connectivity index (χ1v) is 11.9. The first-order valence-electron chi connectivity index (χ1n) is 11.0. The molecule has 1 aromatic heterocycles. The number of rotatable bonds is 6. The Hall–Kier alpha value is -3.92. The fraction of sp³-hybridized carbons (Fsp3) is 0.240. The summed E-state index contributed by atoms with van der Waals surface area (Å²) < 4.78 is 25.7. The maximum Gasteiger partial charge on any atom is 0.325 e. The second-order valence-corrected chi connectivity index (χ2v) is 9.35. The van der Waals surface area contributed by atoms with Gasteiger partial charge in [0.2, 0.25) is 5.91 Å². The van der Waals surface area contributed by atoms with Crippen molar-refractivity contribution in [1.82, 2.24) is 10.2 Å². The van der Waals surface area contributed by atoms with E-state index in [0.29, 0.717) is 30.4 Å². The van der Waals surface area contributed by atoms with Gasteiger partial charge in [-0.25, -0.2) is 9.18 Å². The number of anilines is 1. The lowest BCUT2D eigenvalue weighted by molar-refractivity contribution is -0.134. The van der Waals surface area contributed by atoms with Gasteiger partial charge in [0.15, 0.2) is 11.5 Å². The van der Waals surface area contributed by atoms with E-state index < -0.39 is 35.7 Å². The molecule has 0 spiro atoms. The van der Waals surface area contributed by atoms with Crippen LogP contribution in [0.25, 0.3) is 0 Å². The van der Waals surface area contributed by atoms with Gasteiger partial charge < -0.3 is 19.7 Å². The highest BCUT2D eigenvalue weighted by Gasteiger charge is 2.51. The molecule has 1 unspecified atom stereocenters. The fourth-order valence-electron chi connectivity index (χ4n) is 4.19. The Kier molecular flexibility index (Phi) is 5.89. The zero-order valence-corrected chi connectivity index (χ0v) is 19.6. The van der Waals surface area contributed by atoms with E-state index in [1.54, 1.807) is 24.3 Å². The molecule has 180 valence electrons. The predicted molar refractivity (Wildman–Crippen MR) is 127 cm³/mol. The van der Waals surface area contributed by atoms with Crippen LogP contribution >= 0.6 is 11.3 Å². The van der Waals surface area contributed by atoms with Gasteiger partial charge in [-0.2, -0.15) is 0 Å². The second-order valence-electron chi connectivity index (χ2n) is 8.31. The maximum absolute atomic E-state index is 14.5. The van der Waals surface area contributed by atoms with Crippen molar-refractivity contribution in [3.8, 4) is 11.5 Å². The van der Waals surface area contributed by atoms with Crippen molar-refractivity contribution in [3.63, 3.8) is 0 Å². The number of imide groups is 1. The minimum absolute atomic E-state index is 0.0376. The Morgan fingerprint density at radius 3 is 2.63 bits per heavy atom. The molecule has 2 aromatic carbocycles. The summed E-state index contributed by atoms with van der Waals surface area (Å²) in [6, 6.07) is 13.9. The monoisotopic (exact) mass is 495 g/mol. The van der Waals surface area contributed by atoms with Crippen molar-refractivity contribution in [2.45, 2.75) is 19.0 Å². The molecule has 4 amide bonds. The van der Waals surface area contributed by atoms with Gasteiger partial charge in [0.25, 0.3) is 5.91 Å². The van der Waals surface area contributed by atoms with Crippen LogP contribution in [-0.2, 0) is 21.7 Å². The summed E-state index contributed by atoms with van der Waals surface area (Å²) in [5.74, 6) is -0.693. The number of carbonyl (C=O) groups is 3. The Balaban J connectivity index is 1.43. The van der Waals surface area contributed by atoms with Crippen molar-refractivity contribution in [2.75, 3.05) is 24.7 Å². The van der Waals surface area contributed by atoms with Crippen LogP contribution in [-0.4, -0.2) is 42.5 Å². The molecular weight excluding hydrogens is 473 g/mol. The number of carbonyl (C=O) groups excluding carboxylic acids is 3. The summed E-state index contributed by atoms with van der Waals surface area (Å²) in [6.07, 6.45) is 0. The molecule has 0 bridgehead atoms. The quantitative estimate of drug-likeness (QED) is 0.528. The van der Waals surface area contributed by atoms with Gasteiger partial charge in [0.05, 0.1) is 6.54 Å². The zero-order valence-electron chi connectivity index (χ0n) is 18.8. The number of thiophene rings is 1. The van der Waals surface area contributed by atoms with E-state index in [1.165, 1.54) is 41.4 Å². The van der Waals surface area contributed by atoms with Crippen LogP contribution < -0.4 is 19.7 Å². The third-order valence-corrected chi connectivity index (χ3v) is 6.87. The van der Waals surface area contributed by atoms with Crippen LogP contribution in [0.5, 0.6) is 11.5 Å². The van der Waals surface area contributed by atoms with Gasteiger partial charge in [-0.3, -0.25) is 14.5 Å².